The Labute approximate surface area is 106 Å². The predicted octanol–water partition coefficient (Wildman–Crippen LogP) is 1.47. The van der Waals surface area contributed by atoms with Crippen molar-refractivity contribution in [1.29, 1.82) is 0 Å². The van der Waals surface area contributed by atoms with Crippen LogP contribution in [0.4, 0.5) is 4.79 Å². The summed E-state index contributed by atoms with van der Waals surface area (Å²) < 4.78 is 2.27. The van der Waals surface area contributed by atoms with Crippen molar-refractivity contribution in [2.75, 3.05) is 6.61 Å². The Balaban J connectivity index is 0.000000288. The summed E-state index contributed by atoms with van der Waals surface area (Å²) in [7, 11) is 0. The summed E-state index contributed by atoms with van der Waals surface area (Å²) in [6.07, 6.45) is -0.709. The monoisotopic (exact) mass is 291 g/mol. The largest absolute Gasteiger partial charge is 0.505 e. The molecule has 2 amide bonds. The second kappa shape index (κ2) is 6.78. The summed E-state index contributed by atoms with van der Waals surface area (Å²) in [5, 5.41) is 10.0. The van der Waals surface area contributed by atoms with E-state index in [1.807, 2.05) is 0 Å². The molecule has 6 nitrogen and oxygen atoms in total. The Bertz CT molecular complexity index is 274. The first kappa shape index (κ1) is 15.3. The van der Waals surface area contributed by atoms with Crippen LogP contribution in [0.3, 0.4) is 0 Å². The van der Waals surface area contributed by atoms with Crippen LogP contribution in [0.15, 0.2) is 0 Å². The maximum absolute atomic E-state index is 10.1. The molecule has 1 heterocycles. The van der Waals surface area contributed by atoms with Crippen LogP contribution in [-0.2, 0) is 14.3 Å². The van der Waals surface area contributed by atoms with E-state index in [1.54, 1.807) is 0 Å². The molecule has 2 N–H and O–H groups in total. The maximum Gasteiger partial charge on any atom is 0.505 e. The van der Waals surface area contributed by atoms with Gasteiger partial charge in [-0.3, -0.25) is 14.9 Å². The van der Waals surface area contributed by atoms with Gasteiger partial charge in [0.25, 0.3) is 0 Å². The number of ether oxygens (including phenoxy) is 1. The van der Waals surface area contributed by atoms with Gasteiger partial charge in [0.2, 0.25) is 15.6 Å². The van der Waals surface area contributed by atoms with Crippen molar-refractivity contribution in [3.8, 4) is 0 Å². The third-order valence-electron chi connectivity index (χ3n) is 1.22. The second-order valence-electron chi connectivity index (χ2n) is 2.64. The molecular weight excluding hydrogens is 284 g/mol. The van der Waals surface area contributed by atoms with Gasteiger partial charge in [0.1, 0.15) is 6.61 Å². The van der Waals surface area contributed by atoms with Gasteiger partial charge in [-0.05, 0) is 0 Å². The Morgan fingerprint density at radius 1 is 1.31 bits per heavy atom. The summed E-state index contributed by atoms with van der Waals surface area (Å²) in [5.74, 6) is -0.296. The molecule has 1 aliphatic rings. The van der Waals surface area contributed by atoms with Crippen LogP contribution in [0, 0.1) is 0 Å². The van der Waals surface area contributed by atoms with Crippen molar-refractivity contribution < 1.29 is 24.2 Å². The molecule has 0 bridgehead atoms. The van der Waals surface area contributed by atoms with E-state index in [-0.39, 0.29) is 11.8 Å². The van der Waals surface area contributed by atoms with E-state index in [1.165, 1.54) is 0 Å². The van der Waals surface area contributed by atoms with Gasteiger partial charge in [0.15, 0.2) is 0 Å². The summed E-state index contributed by atoms with van der Waals surface area (Å²) in [6, 6.07) is 0. The Morgan fingerprint density at radius 3 is 1.88 bits per heavy atom. The van der Waals surface area contributed by atoms with E-state index >= 15 is 0 Å². The van der Waals surface area contributed by atoms with E-state index in [0.717, 1.165) is 0 Å². The lowest BCUT2D eigenvalue weighted by molar-refractivity contribution is -0.124. The normalized spacial score (nSPS) is 14.9. The molecule has 1 fully saturated rings. The summed E-state index contributed by atoms with van der Waals surface area (Å²) in [6.45, 7) is -0.451. The summed E-state index contributed by atoms with van der Waals surface area (Å²) in [5.41, 5.74) is 0. The molecule has 16 heavy (non-hydrogen) atoms. The van der Waals surface area contributed by atoms with Crippen molar-refractivity contribution in [2.24, 2.45) is 0 Å². The zero-order valence-electron chi connectivity index (χ0n) is 7.84. The molecule has 0 unspecified atom stereocenters. The van der Waals surface area contributed by atoms with Crippen LogP contribution in [0.5, 0.6) is 0 Å². The average Bonchev–Trinajstić information content (AvgIpc) is 2.46. The van der Waals surface area contributed by atoms with Gasteiger partial charge in [-0.15, -0.1) is 0 Å². The van der Waals surface area contributed by atoms with Crippen LogP contribution < -0.4 is 5.32 Å². The van der Waals surface area contributed by atoms with Crippen LogP contribution in [0.25, 0.3) is 0 Å². The fourth-order valence-electron chi connectivity index (χ4n) is 0.651. The molecule has 1 aliphatic heterocycles. The smallest absolute Gasteiger partial charge is 0.450 e. The highest BCUT2D eigenvalue weighted by Gasteiger charge is 2.21. The minimum absolute atomic E-state index is 0.148. The van der Waals surface area contributed by atoms with Crippen LogP contribution in [-0.4, -0.2) is 33.5 Å². The van der Waals surface area contributed by atoms with Crippen LogP contribution in [0.1, 0.15) is 12.8 Å². The molecule has 92 valence electrons. The Morgan fingerprint density at radius 2 is 1.75 bits per heavy atom. The summed E-state index contributed by atoms with van der Waals surface area (Å²) >= 11 is 15.4. The minimum atomic E-state index is -1.65. The number of carboxylic acid groups (broad SMARTS) is 1. The number of hydrogen-bond acceptors (Lipinski definition) is 4. The van der Waals surface area contributed by atoms with Gasteiger partial charge in [0.05, 0.1) is 0 Å². The van der Waals surface area contributed by atoms with Crippen molar-refractivity contribution >= 4 is 52.8 Å². The van der Waals surface area contributed by atoms with Crippen molar-refractivity contribution in [3.63, 3.8) is 0 Å². The standard InChI is InChI=1S/C4H5NO2.C3H3Cl3O3/c6-3-1-2-4(7)5-3;4-3(5,6)1-9-2(7)8/h1-2H2,(H,5,6,7);1H2,(H,7,8). The molecule has 0 aliphatic carbocycles. The van der Waals surface area contributed by atoms with Crippen molar-refractivity contribution in [3.05, 3.63) is 0 Å². The summed E-state index contributed by atoms with van der Waals surface area (Å²) in [4.78, 5) is 29.9. The van der Waals surface area contributed by atoms with Gasteiger partial charge in [-0.2, -0.15) is 0 Å². The molecular formula is C7H8Cl3NO5. The number of imide groups is 1. The highest BCUT2D eigenvalue weighted by atomic mass is 35.6. The molecule has 0 radical (unpaired) electrons. The number of hydrogen-bond donors (Lipinski definition) is 2. The predicted molar refractivity (Wildman–Crippen MR) is 56.7 cm³/mol. The molecule has 0 saturated carbocycles. The number of carbonyl (C=O) groups is 3. The first-order valence-electron chi connectivity index (χ1n) is 3.96. The van der Waals surface area contributed by atoms with Crippen molar-refractivity contribution in [1.82, 2.24) is 5.32 Å². The first-order chi connectivity index (χ1) is 7.20. The Kier molecular flexibility index (Phi) is 6.47. The van der Waals surface area contributed by atoms with Crippen molar-refractivity contribution in [2.45, 2.75) is 16.6 Å². The first-order valence-corrected chi connectivity index (χ1v) is 5.09. The fourth-order valence-corrected chi connectivity index (χ4v) is 0.815. The average molecular weight is 293 g/mol. The zero-order valence-corrected chi connectivity index (χ0v) is 10.1. The quantitative estimate of drug-likeness (QED) is 0.434. The highest BCUT2D eigenvalue weighted by molar-refractivity contribution is 6.67. The lowest BCUT2D eigenvalue weighted by Gasteiger charge is -2.07. The molecule has 0 atom stereocenters. The minimum Gasteiger partial charge on any atom is -0.450 e. The SMILES string of the molecule is O=C(O)OCC(Cl)(Cl)Cl.O=C1CCC(=O)N1. The number of halogens is 3. The highest BCUT2D eigenvalue weighted by Crippen LogP contribution is 2.25. The number of nitrogens with one attached hydrogen (secondary N) is 1. The molecule has 9 heteroatoms. The molecule has 0 aromatic heterocycles. The molecule has 0 spiro atoms. The lowest BCUT2D eigenvalue weighted by Crippen LogP contribution is -2.18. The number of alkyl halides is 3. The fraction of sp³-hybridized carbons (Fsp3) is 0.571. The van der Waals surface area contributed by atoms with Crippen LogP contribution in [0.2, 0.25) is 0 Å². The molecule has 1 saturated heterocycles. The number of amides is 2. The van der Waals surface area contributed by atoms with E-state index in [9.17, 15) is 14.4 Å². The van der Waals surface area contributed by atoms with Gasteiger partial charge >= 0.3 is 6.16 Å². The van der Waals surface area contributed by atoms with Gasteiger partial charge < -0.3 is 9.84 Å². The number of rotatable bonds is 1. The molecule has 0 aromatic rings. The van der Waals surface area contributed by atoms with E-state index in [0.29, 0.717) is 12.8 Å². The number of carbonyl (C=O) groups excluding carboxylic acids is 2. The molecule has 1 rings (SSSR count). The van der Waals surface area contributed by atoms with Gasteiger partial charge in [0, 0.05) is 12.8 Å². The topological polar surface area (TPSA) is 92.7 Å². The third kappa shape index (κ3) is 9.82. The van der Waals surface area contributed by atoms with Gasteiger partial charge in [-0.1, -0.05) is 34.8 Å². The van der Waals surface area contributed by atoms with E-state index in [4.69, 9.17) is 39.9 Å². The Hall–Kier alpha value is -0.720. The second-order valence-corrected chi connectivity index (χ2v) is 5.16. The zero-order chi connectivity index (χ0) is 12.8. The van der Waals surface area contributed by atoms with E-state index < -0.39 is 16.6 Å². The molecule has 0 aromatic carbocycles. The maximum atomic E-state index is 10.1. The van der Waals surface area contributed by atoms with Gasteiger partial charge in [-0.25, -0.2) is 4.79 Å². The van der Waals surface area contributed by atoms with E-state index in [2.05, 4.69) is 10.1 Å². The third-order valence-corrected chi connectivity index (χ3v) is 1.54. The lowest BCUT2D eigenvalue weighted by atomic mass is 10.4. The van der Waals surface area contributed by atoms with Crippen LogP contribution >= 0.6 is 34.8 Å².